The highest BCUT2D eigenvalue weighted by Crippen LogP contribution is 2.45. The zero-order valence-electron chi connectivity index (χ0n) is 11.9. The Labute approximate surface area is 123 Å². The van der Waals surface area contributed by atoms with Crippen molar-refractivity contribution in [2.24, 2.45) is 11.7 Å². The van der Waals surface area contributed by atoms with Gasteiger partial charge >= 0.3 is 0 Å². The molecule has 0 spiro atoms. The van der Waals surface area contributed by atoms with Gasteiger partial charge in [0.1, 0.15) is 0 Å². The van der Waals surface area contributed by atoms with E-state index in [0.717, 1.165) is 31.5 Å². The van der Waals surface area contributed by atoms with Gasteiger partial charge in [-0.15, -0.1) is 0 Å². The van der Waals surface area contributed by atoms with Crippen LogP contribution in [0.15, 0.2) is 24.3 Å². The summed E-state index contributed by atoms with van der Waals surface area (Å²) in [6.45, 7) is 1.12. The molecule has 21 heavy (non-hydrogen) atoms. The summed E-state index contributed by atoms with van der Waals surface area (Å²) < 4.78 is 0. The average molecular weight is 285 g/mol. The van der Waals surface area contributed by atoms with Gasteiger partial charge in [-0.25, -0.2) is 0 Å². The van der Waals surface area contributed by atoms with E-state index in [4.69, 9.17) is 5.73 Å². The van der Waals surface area contributed by atoms with Crippen molar-refractivity contribution in [1.82, 2.24) is 4.90 Å². The van der Waals surface area contributed by atoms with Crippen LogP contribution in [0.25, 0.3) is 0 Å². The van der Waals surface area contributed by atoms with Crippen LogP contribution in [0.3, 0.4) is 0 Å². The molecule has 1 aromatic rings. The summed E-state index contributed by atoms with van der Waals surface area (Å²) >= 11 is 0. The van der Waals surface area contributed by atoms with Crippen molar-refractivity contribution in [3.8, 4) is 0 Å². The van der Waals surface area contributed by atoms with Crippen LogP contribution in [0.5, 0.6) is 0 Å². The van der Waals surface area contributed by atoms with Crippen molar-refractivity contribution in [1.29, 1.82) is 0 Å². The predicted octanol–water partition coefficient (Wildman–Crippen LogP) is 0.524. The number of anilines is 1. The molecule has 3 unspecified atom stereocenters. The second kappa shape index (κ2) is 4.56. The lowest BCUT2D eigenvalue weighted by Crippen LogP contribution is -2.52. The van der Waals surface area contributed by atoms with Crippen LogP contribution in [0.2, 0.25) is 0 Å². The maximum Gasteiger partial charge on any atom is 0.232 e. The lowest BCUT2D eigenvalue weighted by molar-refractivity contribution is -0.125. The van der Waals surface area contributed by atoms with Gasteiger partial charge in [-0.3, -0.25) is 14.5 Å². The molecule has 4 rings (SSSR count). The Morgan fingerprint density at radius 1 is 1.33 bits per heavy atom. The van der Waals surface area contributed by atoms with E-state index in [9.17, 15) is 9.59 Å². The summed E-state index contributed by atoms with van der Waals surface area (Å²) in [5, 5.41) is 0. The molecule has 2 N–H and O–H groups in total. The molecule has 5 heteroatoms. The maximum absolute atomic E-state index is 12.8. The van der Waals surface area contributed by atoms with Gasteiger partial charge in [-0.2, -0.15) is 0 Å². The number of benzene rings is 1. The molecule has 0 aliphatic carbocycles. The zero-order chi connectivity index (χ0) is 14.6. The van der Waals surface area contributed by atoms with E-state index in [1.807, 2.05) is 23.1 Å². The lowest BCUT2D eigenvalue weighted by Gasteiger charge is -2.37. The van der Waals surface area contributed by atoms with Gasteiger partial charge < -0.3 is 10.6 Å². The first-order valence-electron chi connectivity index (χ1n) is 7.60. The third kappa shape index (κ3) is 1.80. The van der Waals surface area contributed by atoms with Crippen LogP contribution in [0.4, 0.5) is 5.69 Å². The molecule has 3 heterocycles. The van der Waals surface area contributed by atoms with Crippen molar-refractivity contribution < 1.29 is 9.59 Å². The molecule has 5 nitrogen and oxygen atoms in total. The Kier molecular flexibility index (Phi) is 2.79. The third-order valence-corrected chi connectivity index (χ3v) is 5.11. The number of rotatable bonds is 2. The molecule has 3 aliphatic rings. The topological polar surface area (TPSA) is 66.6 Å². The number of fused-ring (bicyclic) bond motifs is 5. The fraction of sp³-hybridized carbons (Fsp3) is 0.500. The summed E-state index contributed by atoms with van der Waals surface area (Å²) in [5.41, 5.74) is 7.67. The molecule has 1 aromatic carbocycles. The number of para-hydroxylation sites is 1. The van der Waals surface area contributed by atoms with Crippen molar-refractivity contribution in [3.05, 3.63) is 29.8 Å². The van der Waals surface area contributed by atoms with Crippen LogP contribution < -0.4 is 10.6 Å². The molecule has 3 aliphatic heterocycles. The highest BCUT2D eigenvalue weighted by Gasteiger charge is 2.54. The van der Waals surface area contributed by atoms with Crippen molar-refractivity contribution in [2.45, 2.75) is 31.3 Å². The number of likely N-dealkylation sites (tertiary alicyclic amines) is 1. The van der Waals surface area contributed by atoms with Crippen molar-refractivity contribution in [2.75, 3.05) is 18.0 Å². The molecule has 2 amide bonds. The number of amides is 2. The number of nitrogens with two attached hydrogens (primary N) is 1. The van der Waals surface area contributed by atoms with Gasteiger partial charge in [-0.05, 0) is 37.4 Å². The molecule has 3 atom stereocenters. The minimum absolute atomic E-state index is 0.0245. The summed E-state index contributed by atoms with van der Waals surface area (Å²) in [4.78, 5) is 28.2. The fourth-order valence-corrected chi connectivity index (χ4v) is 4.40. The van der Waals surface area contributed by atoms with Crippen molar-refractivity contribution in [3.63, 3.8) is 0 Å². The lowest BCUT2D eigenvalue weighted by atomic mass is 9.86. The quantitative estimate of drug-likeness (QED) is 0.861. The van der Waals surface area contributed by atoms with Crippen molar-refractivity contribution >= 4 is 17.5 Å². The normalized spacial score (nSPS) is 31.0. The largest absolute Gasteiger partial charge is 0.369 e. The van der Waals surface area contributed by atoms with Gasteiger partial charge in [0.15, 0.2) is 0 Å². The number of hydrogen-bond donors (Lipinski definition) is 1. The first kappa shape index (κ1) is 12.8. The van der Waals surface area contributed by atoms with Crippen LogP contribution in [-0.2, 0) is 16.0 Å². The van der Waals surface area contributed by atoms with Gasteiger partial charge in [0.2, 0.25) is 11.8 Å². The molecule has 0 radical (unpaired) electrons. The van der Waals surface area contributed by atoms with E-state index in [-0.39, 0.29) is 36.4 Å². The SMILES string of the molecule is NC(=O)CN1CCCC2C(=O)N3c4ccccc4CC3C21. The van der Waals surface area contributed by atoms with Crippen LogP contribution in [0, 0.1) is 5.92 Å². The monoisotopic (exact) mass is 285 g/mol. The van der Waals surface area contributed by atoms with E-state index in [1.165, 1.54) is 5.56 Å². The number of carbonyl (C=O) groups is 2. The van der Waals surface area contributed by atoms with E-state index < -0.39 is 0 Å². The van der Waals surface area contributed by atoms with Crippen LogP contribution in [0.1, 0.15) is 18.4 Å². The van der Waals surface area contributed by atoms with E-state index >= 15 is 0 Å². The Balaban J connectivity index is 1.71. The summed E-state index contributed by atoms with van der Waals surface area (Å²) in [7, 11) is 0. The van der Waals surface area contributed by atoms with Gasteiger partial charge in [0.25, 0.3) is 0 Å². The number of nitrogens with zero attached hydrogens (tertiary/aromatic N) is 2. The second-order valence-electron chi connectivity index (χ2n) is 6.28. The molecule has 0 bridgehead atoms. The Hall–Kier alpha value is -1.88. The molecule has 2 saturated heterocycles. The minimum atomic E-state index is -0.308. The standard InChI is InChI=1S/C16H19N3O2/c17-14(20)9-18-7-3-5-11-15(18)13-8-10-4-1-2-6-12(10)19(13)16(11)21/h1-2,4,6,11,13,15H,3,5,7-9H2,(H2,17,20). The maximum atomic E-state index is 12.8. The molecular formula is C16H19N3O2. The zero-order valence-corrected chi connectivity index (χ0v) is 11.9. The van der Waals surface area contributed by atoms with Gasteiger partial charge in [-0.1, -0.05) is 18.2 Å². The Bertz CT molecular complexity index is 615. The summed E-state index contributed by atoms with van der Waals surface area (Å²) in [6.07, 6.45) is 2.77. The first-order valence-corrected chi connectivity index (χ1v) is 7.60. The van der Waals surface area contributed by atoms with E-state index in [2.05, 4.69) is 11.0 Å². The van der Waals surface area contributed by atoms with E-state index in [1.54, 1.807) is 0 Å². The smallest absolute Gasteiger partial charge is 0.232 e. The molecule has 0 aromatic heterocycles. The molecule has 2 fully saturated rings. The predicted molar refractivity (Wildman–Crippen MR) is 78.7 cm³/mol. The number of hydrogen-bond acceptors (Lipinski definition) is 3. The molecule has 110 valence electrons. The summed E-state index contributed by atoms with van der Waals surface area (Å²) in [5.74, 6) is -0.0577. The Morgan fingerprint density at radius 2 is 2.14 bits per heavy atom. The highest BCUT2D eigenvalue weighted by atomic mass is 16.2. The number of piperidine rings is 1. The second-order valence-corrected chi connectivity index (χ2v) is 6.28. The molecule has 0 saturated carbocycles. The average Bonchev–Trinajstić information content (AvgIpc) is 2.96. The summed E-state index contributed by atoms with van der Waals surface area (Å²) in [6, 6.07) is 8.42. The van der Waals surface area contributed by atoms with E-state index in [0.29, 0.717) is 0 Å². The fourth-order valence-electron chi connectivity index (χ4n) is 4.40. The number of primary amides is 1. The third-order valence-electron chi connectivity index (χ3n) is 5.11. The molecular weight excluding hydrogens is 266 g/mol. The first-order chi connectivity index (χ1) is 10.2. The Morgan fingerprint density at radius 3 is 2.95 bits per heavy atom. The van der Waals surface area contributed by atoms with Gasteiger partial charge in [0, 0.05) is 11.7 Å². The van der Waals surface area contributed by atoms with Gasteiger partial charge in [0.05, 0.1) is 18.5 Å². The van der Waals surface area contributed by atoms with Crippen LogP contribution in [-0.4, -0.2) is 41.9 Å². The minimum Gasteiger partial charge on any atom is -0.369 e. The number of carbonyl (C=O) groups excluding carboxylic acids is 2. The van der Waals surface area contributed by atoms with Crippen LogP contribution >= 0.6 is 0 Å². The highest BCUT2D eigenvalue weighted by molar-refractivity contribution is 6.01.